The van der Waals surface area contributed by atoms with Gasteiger partial charge in [-0.05, 0) is 41.0 Å². The average Bonchev–Trinajstić information content (AvgIpc) is 3.04. The number of benzene rings is 2. The quantitative estimate of drug-likeness (QED) is 0.579. The molecule has 0 amide bonds. The summed E-state index contributed by atoms with van der Waals surface area (Å²) in [7, 11) is 0. The minimum Gasteiger partial charge on any atom is -0.506 e. The summed E-state index contributed by atoms with van der Waals surface area (Å²) in [6.07, 6.45) is 5.67. The van der Waals surface area contributed by atoms with Gasteiger partial charge in [-0.25, -0.2) is 0 Å². The van der Waals surface area contributed by atoms with Crippen molar-refractivity contribution >= 4 is 5.69 Å². The molecule has 0 bridgehead atoms. The van der Waals surface area contributed by atoms with E-state index in [2.05, 4.69) is 61.6 Å². The third-order valence-corrected chi connectivity index (χ3v) is 5.34. The zero-order valence-electron chi connectivity index (χ0n) is 13.7. The summed E-state index contributed by atoms with van der Waals surface area (Å²) in [5, 5.41) is 13.9. The smallest absolute Gasteiger partial charge is 0.138 e. The van der Waals surface area contributed by atoms with Crippen molar-refractivity contribution in [2.45, 2.75) is 38.1 Å². The van der Waals surface area contributed by atoms with E-state index in [1.54, 1.807) is 6.07 Å². The predicted molar refractivity (Wildman–Crippen MR) is 95.0 cm³/mol. The Balaban J connectivity index is 1.74. The summed E-state index contributed by atoms with van der Waals surface area (Å²) in [4.78, 5) is 0. The zero-order chi connectivity index (χ0) is 16.0. The van der Waals surface area contributed by atoms with E-state index in [1.807, 2.05) is 6.07 Å². The summed E-state index contributed by atoms with van der Waals surface area (Å²) in [5.41, 5.74) is 4.80. The molecule has 1 heterocycles. The van der Waals surface area contributed by atoms with Crippen molar-refractivity contribution in [3.05, 3.63) is 71.3 Å². The second-order valence-corrected chi connectivity index (χ2v) is 7.04. The molecule has 2 aromatic carbocycles. The second-order valence-electron chi connectivity index (χ2n) is 7.04. The topological polar surface area (TPSA) is 32.3 Å². The van der Waals surface area contributed by atoms with Gasteiger partial charge in [0.1, 0.15) is 5.75 Å². The van der Waals surface area contributed by atoms with Gasteiger partial charge < -0.3 is 10.4 Å². The number of para-hydroxylation sites is 1. The van der Waals surface area contributed by atoms with Gasteiger partial charge in [0.25, 0.3) is 0 Å². The van der Waals surface area contributed by atoms with Crippen LogP contribution >= 0.6 is 0 Å². The van der Waals surface area contributed by atoms with E-state index in [1.165, 1.54) is 16.7 Å². The Morgan fingerprint density at radius 2 is 1.87 bits per heavy atom. The summed E-state index contributed by atoms with van der Waals surface area (Å²) in [6, 6.07) is 15.0. The maximum absolute atomic E-state index is 10.3. The molecule has 2 aliphatic rings. The van der Waals surface area contributed by atoms with Gasteiger partial charge in [0, 0.05) is 5.92 Å². The number of allylic oxidation sites excluding steroid dienone is 2. The number of hydrogen-bond donors (Lipinski definition) is 2. The number of hydrogen-bond acceptors (Lipinski definition) is 2. The standard InChI is InChI=1S/C21H23NO/c1-13(2)14-9-11-15(12-10-14)20-17-6-3-5-16(17)18-7-4-8-19(23)21(18)22-20/h3-5,7-13,16-17,20,22-23H,6H2,1-2H3. The van der Waals surface area contributed by atoms with E-state index < -0.39 is 0 Å². The fourth-order valence-corrected chi connectivity index (χ4v) is 4.02. The SMILES string of the molecule is CC(C)c1ccc(C2Nc3c(O)cccc3C3C=CCC32)cc1. The first-order chi connectivity index (χ1) is 11.1. The first kappa shape index (κ1) is 14.4. The van der Waals surface area contributed by atoms with Crippen molar-refractivity contribution in [3.63, 3.8) is 0 Å². The minimum absolute atomic E-state index is 0.247. The Morgan fingerprint density at radius 1 is 1.09 bits per heavy atom. The Morgan fingerprint density at radius 3 is 2.61 bits per heavy atom. The molecule has 2 heteroatoms. The lowest BCUT2D eigenvalue weighted by molar-refractivity contribution is 0.415. The van der Waals surface area contributed by atoms with E-state index in [-0.39, 0.29) is 6.04 Å². The molecule has 0 saturated carbocycles. The zero-order valence-corrected chi connectivity index (χ0v) is 13.7. The fourth-order valence-electron chi connectivity index (χ4n) is 4.02. The first-order valence-corrected chi connectivity index (χ1v) is 8.50. The van der Waals surface area contributed by atoms with Gasteiger partial charge in [0.15, 0.2) is 0 Å². The number of fused-ring (bicyclic) bond motifs is 3. The Kier molecular flexibility index (Phi) is 3.41. The molecule has 1 aliphatic carbocycles. The van der Waals surface area contributed by atoms with Crippen LogP contribution in [-0.4, -0.2) is 5.11 Å². The molecule has 4 rings (SSSR count). The molecule has 1 aliphatic heterocycles. The van der Waals surface area contributed by atoms with Gasteiger partial charge in [-0.2, -0.15) is 0 Å². The first-order valence-electron chi connectivity index (χ1n) is 8.50. The molecule has 0 radical (unpaired) electrons. The van der Waals surface area contributed by atoms with Crippen LogP contribution in [0, 0.1) is 5.92 Å². The van der Waals surface area contributed by atoms with Crippen LogP contribution in [0.1, 0.15) is 54.8 Å². The Hall–Kier alpha value is -2.22. The molecule has 23 heavy (non-hydrogen) atoms. The third kappa shape index (κ3) is 2.33. The number of rotatable bonds is 2. The van der Waals surface area contributed by atoms with Gasteiger partial charge in [-0.15, -0.1) is 0 Å². The summed E-state index contributed by atoms with van der Waals surface area (Å²) >= 11 is 0. The van der Waals surface area contributed by atoms with Crippen LogP contribution in [0.5, 0.6) is 5.75 Å². The molecule has 2 nitrogen and oxygen atoms in total. The number of phenols is 1. The van der Waals surface area contributed by atoms with E-state index in [0.29, 0.717) is 23.5 Å². The molecule has 0 saturated heterocycles. The lowest BCUT2D eigenvalue weighted by atomic mass is 9.76. The van der Waals surface area contributed by atoms with Crippen LogP contribution in [0.4, 0.5) is 5.69 Å². The molecule has 118 valence electrons. The van der Waals surface area contributed by atoms with Gasteiger partial charge in [0.2, 0.25) is 0 Å². The van der Waals surface area contributed by atoms with E-state index in [0.717, 1.165) is 12.1 Å². The van der Waals surface area contributed by atoms with Gasteiger partial charge in [0.05, 0.1) is 11.7 Å². The Labute approximate surface area is 137 Å². The van der Waals surface area contributed by atoms with Crippen molar-refractivity contribution in [2.75, 3.05) is 5.32 Å². The second kappa shape index (κ2) is 5.45. The highest BCUT2D eigenvalue weighted by Crippen LogP contribution is 2.51. The number of nitrogens with one attached hydrogen (secondary N) is 1. The number of anilines is 1. The highest BCUT2D eigenvalue weighted by atomic mass is 16.3. The number of aromatic hydroxyl groups is 1. The molecule has 3 unspecified atom stereocenters. The highest BCUT2D eigenvalue weighted by molar-refractivity contribution is 5.67. The summed E-state index contributed by atoms with van der Waals surface area (Å²) < 4.78 is 0. The lowest BCUT2D eigenvalue weighted by Gasteiger charge is -2.37. The van der Waals surface area contributed by atoms with Gasteiger partial charge in [-0.3, -0.25) is 0 Å². The highest BCUT2D eigenvalue weighted by Gasteiger charge is 2.38. The van der Waals surface area contributed by atoms with Crippen LogP contribution in [0.3, 0.4) is 0 Å². The molecule has 0 spiro atoms. The van der Waals surface area contributed by atoms with Crippen LogP contribution in [0.15, 0.2) is 54.6 Å². The molecule has 2 aromatic rings. The maximum Gasteiger partial charge on any atom is 0.138 e. The largest absolute Gasteiger partial charge is 0.506 e. The maximum atomic E-state index is 10.3. The summed E-state index contributed by atoms with van der Waals surface area (Å²) in [5.74, 6) is 1.82. The molecule has 0 fully saturated rings. The van der Waals surface area contributed by atoms with Crippen molar-refractivity contribution in [3.8, 4) is 5.75 Å². The van der Waals surface area contributed by atoms with E-state index >= 15 is 0 Å². The molecule has 2 N–H and O–H groups in total. The monoisotopic (exact) mass is 305 g/mol. The van der Waals surface area contributed by atoms with Crippen molar-refractivity contribution < 1.29 is 5.11 Å². The fraction of sp³-hybridized carbons (Fsp3) is 0.333. The Bertz CT molecular complexity index is 745. The van der Waals surface area contributed by atoms with Crippen molar-refractivity contribution in [2.24, 2.45) is 5.92 Å². The van der Waals surface area contributed by atoms with Crippen LogP contribution < -0.4 is 5.32 Å². The summed E-state index contributed by atoms with van der Waals surface area (Å²) in [6.45, 7) is 4.44. The minimum atomic E-state index is 0.247. The lowest BCUT2D eigenvalue weighted by Crippen LogP contribution is -2.29. The normalized spacial score (nSPS) is 25.1. The molecule has 3 atom stereocenters. The predicted octanol–water partition coefficient (Wildman–Crippen LogP) is 5.34. The molecule has 0 aromatic heterocycles. The van der Waals surface area contributed by atoms with Crippen LogP contribution in [0.25, 0.3) is 0 Å². The van der Waals surface area contributed by atoms with E-state index in [4.69, 9.17) is 0 Å². The van der Waals surface area contributed by atoms with Gasteiger partial charge >= 0.3 is 0 Å². The van der Waals surface area contributed by atoms with Gasteiger partial charge in [-0.1, -0.05) is 62.4 Å². The van der Waals surface area contributed by atoms with Crippen LogP contribution in [-0.2, 0) is 0 Å². The van der Waals surface area contributed by atoms with E-state index in [9.17, 15) is 5.11 Å². The third-order valence-electron chi connectivity index (χ3n) is 5.34. The van der Waals surface area contributed by atoms with Crippen molar-refractivity contribution in [1.82, 2.24) is 0 Å². The van der Waals surface area contributed by atoms with Crippen LogP contribution in [0.2, 0.25) is 0 Å². The average molecular weight is 305 g/mol. The molecular formula is C21H23NO. The number of phenolic OH excluding ortho intramolecular Hbond substituents is 1. The van der Waals surface area contributed by atoms with Crippen molar-refractivity contribution in [1.29, 1.82) is 0 Å². The molecular weight excluding hydrogens is 282 g/mol.